The molecule has 0 bridgehead atoms. The molecule has 1 aliphatic heterocycles. The zero-order chi connectivity index (χ0) is 11.7. The smallest absolute Gasteiger partial charge is 0.308 e. The summed E-state index contributed by atoms with van der Waals surface area (Å²) in [5.41, 5.74) is 0.489. The summed E-state index contributed by atoms with van der Waals surface area (Å²) < 4.78 is 5.06. The van der Waals surface area contributed by atoms with Gasteiger partial charge < -0.3 is 14.4 Å². The van der Waals surface area contributed by atoms with Gasteiger partial charge in [-0.15, -0.1) is 0 Å². The van der Waals surface area contributed by atoms with E-state index in [2.05, 4.69) is 0 Å². The van der Waals surface area contributed by atoms with Gasteiger partial charge in [0.1, 0.15) is 12.0 Å². The van der Waals surface area contributed by atoms with E-state index in [-0.39, 0.29) is 5.91 Å². The topological polar surface area (TPSA) is 70.8 Å². The molecule has 0 aliphatic carbocycles. The van der Waals surface area contributed by atoms with E-state index in [9.17, 15) is 9.59 Å². The molecule has 1 aliphatic rings. The Morgan fingerprint density at radius 1 is 1.56 bits per heavy atom. The molecule has 5 heteroatoms. The fraction of sp³-hybridized carbons (Fsp3) is 0.455. The van der Waals surface area contributed by atoms with E-state index < -0.39 is 11.9 Å². The van der Waals surface area contributed by atoms with Crippen LogP contribution in [0.25, 0.3) is 0 Å². The highest BCUT2D eigenvalue weighted by Gasteiger charge is 2.31. The first-order valence-corrected chi connectivity index (χ1v) is 5.15. The van der Waals surface area contributed by atoms with E-state index in [1.165, 1.54) is 6.26 Å². The number of hydrogen-bond acceptors (Lipinski definition) is 3. The summed E-state index contributed by atoms with van der Waals surface area (Å²) in [5, 5.41) is 8.83. The average molecular weight is 223 g/mol. The second-order valence-corrected chi connectivity index (χ2v) is 4.02. The minimum atomic E-state index is -0.835. The van der Waals surface area contributed by atoms with Crippen molar-refractivity contribution in [2.45, 2.75) is 13.3 Å². The van der Waals surface area contributed by atoms with Crippen LogP contribution in [0, 0.1) is 12.8 Å². The third-order valence-corrected chi connectivity index (χ3v) is 2.80. The van der Waals surface area contributed by atoms with Gasteiger partial charge in [-0.2, -0.15) is 0 Å². The molecule has 1 atom stereocenters. The summed E-state index contributed by atoms with van der Waals surface area (Å²) in [6.45, 7) is 2.55. The van der Waals surface area contributed by atoms with Gasteiger partial charge in [0.05, 0.1) is 11.5 Å². The lowest BCUT2D eigenvalue weighted by atomic mass is 10.1. The standard InChI is InChI=1S/C11H13NO4/c1-7-4-9(6-16-7)10(13)12-3-2-8(5-12)11(14)15/h4,6,8H,2-3,5H2,1H3,(H,14,15). The molecule has 1 unspecified atom stereocenters. The summed E-state index contributed by atoms with van der Waals surface area (Å²) in [6, 6.07) is 1.66. The molecule has 1 saturated heterocycles. The Bertz CT molecular complexity index is 423. The van der Waals surface area contributed by atoms with Gasteiger partial charge in [-0.05, 0) is 19.4 Å². The highest BCUT2D eigenvalue weighted by molar-refractivity contribution is 5.94. The van der Waals surface area contributed by atoms with Crippen molar-refractivity contribution < 1.29 is 19.1 Å². The second-order valence-electron chi connectivity index (χ2n) is 4.02. The third kappa shape index (κ3) is 1.93. The van der Waals surface area contributed by atoms with Crippen LogP contribution in [-0.4, -0.2) is 35.0 Å². The molecule has 86 valence electrons. The fourth-order valence-corrected chi connectivity index (χ4v) is 1.88. The van der Waals surface area contributed by atoms with Crippen LogP contribution >= 0.6 is 0 Å². The molecule has 1 aromatic heterocycles. The molecule has 1 aromatic rings. The van der Waals surface area contributed by atoms with E-state index in [0.29, 0.717) is 30.8 Å². The molecule has 1 fully saturated rings. The number of nitrogens with zero attached hydrogens (tertiary/aromatic N) is 1. The Labute approximate surface area is 92.7 Å². The Kier molecular flexibility index (Phi) is 2.68. The number of amides is 1. The lowest BCUT2D eigenvalue weighted by Crippen LogP contribution is -2.29. The summed E-state index contributed by atoms with van der Waals surface area (Å²) in [5.74, 6) is -0.742. The van der Waals surface area contributed by atoms with Crippen molar-refractivity contribution in [1.82, 2.24) is 4.90 Å². The lowest BCUT2D eigenvalue weighted by molar-refractivity contribution is -0.141. The van der Waals surface area contributed by atoms with Crippen LogP contribution < -0.4 is 0 Å². The van der Waals surface area contributed by atoms with E-state index in [1.54, 1.807) is 17.9 Å². The van der Waals surface area contributed by atoms with Crippen LogP contribution in [0.1, 0.15) is 22.5 Å². The van der Waals surface area contributed by atoms with Gasteiger partial charge in [0.25, 0.3) is 5.91 Å². The van der Waals surface area contributed by atoms with Crippen molar-refractivity contribution in [3.63, 3.8) is 0 Å². The van der Waals surface area contributed by atoms with Gasteiger partial charge in [-0.25, -0.2) is 0 Å². The van der Waals surface area contributed by atoms with Gasteiger partial charge in [0.15, 0.2) is 0 Å². The molecule has 5 nitrogen and oxygen atoms in total. The van der Waals surface area contributed by atoms with Crippen LogP contribution in [0.2, 0.25) is 0 Å². The van der Waals surface area contributed by atoms with Crippen molar-refractivity contribution in [1.29, 1.82) is 0 Å². The highest BCUT2D eigenvalue weighted by atomic mass is 16.4. The quantitative estimate of drug-likeness (QED) is 0.816. The number of aryl methyl sites for hydroxylation is 1. The number of rotatable bonds is 2. The van der Waals surface area contributed by atoms with E-state index in [1.807, 2.05) is 0 Å². The second kappa shape index (κ2) is 4.00. The monoisotopic (exact) mass is 223 g/mol. The summed E-state index contributed by atoms with van der Waals surface area (Å²) in [6.07, 6.45) is 1.93. The third-order valence-electron chi connectivity index (χ3n) is 2.80. The first-order chi connectivity index (χ1) is 7.58. The lowest BCUT2D eigenvalue weighted by Gasteiger charge is -2.14. The fourth-order valence-electron chi connectivity index (χ4n) is 1.88. The average Bonchev–Trinajstić information content (AvgIpc) is 2.84. The molecule has 16 heavy (non-hydrogen) atoms. The first kappa shape index (κ1) is 10.7. The van der Waals surface area contributed by atoms with Gasteiger partial charge in [-0.1, -0.05) is 0 Å². The minimum absolute atomic E-state index is 0.152. The maximum absolute atomic E-state index is 11.9. The Hall–Kier alpha value is -1.78. The van der Waals surface area contributed by atoms with E-state index in [4.69, 9.17) is 9.52 Å². The van der Waals surface area contributed by atoms with Crippen LogP contribution in [0.3, 0.4) is 0 Å². The van der Waals surface area contributed by atoms with Crippen LogP contribution in [0.15, 0.2) is 16.7 Å². The minimum Gasteiger partial charge on any atom is -0.481 e. The number of carboxylic acids is 1. The first-order valence-electron chi connectivity index (χ1n) is 5.15. The maximum atomic E-state index is 11.9. The van der Waals surface area contributed by atoms with E-state index in [0.717, 1.165) is 0 Å². The van der Waals surface area contributed by atoms with Crippen molar-refractivity contribution in [2.75, 3.05) is 13.1 Å². The molecular weight excluding hydrogens is 210 g/mol. The normalized spacial score (nSPS) is 20.1. The number of carboxylic acid groups (broad SMARTS) is 1. The van der Waals surface area contributed by atoms with Gasteiger partial charge in [0, 0.05) is 13.1 Å². The SMILES string of the molecule is Cc1cc(C(=O)N2CCC(C(=O)O)C2)co1. The van der Waals surface area contributed by atoms with Crippen molar-refractivity contribution in [3.8, 4) is 0 Å². The summed E-state index contributed by atoms with van der Waals surface area (Å²) >= 11 is 0. The molecule has 2 heterocycles. The number of carbonyl (C=O) groups excluding carboxylic acids is 1. The number of aliphatic carboxylic acids is 1. The number of carbonyl (C=O) groups is 2. The van der Waals surface area contributed by atoms with Crippen molar-refractivity contribution >= 4 is 11.9 Å². The predicted molar refractivity (Wildman–Crippen MR) is 55.1 cm³/mol. The molecule has 1 amide bonds. The van der Waals surface area contributed by atoms with Crippen LogP contribution in [0.4, 0.5) is 0 Å². The van der Waals surface area contributed by atoms with Gasteiger partial charge in [-0.3, -0.25) is 9.59 Å². The van der Waals surface area contributed by atoms with Gasteiger partial charge in [0.2, 0.25) is 0 Å². The number of likely N-dealkylation sites (tertiary alicyclic amines) is 1. The molecule has 0 radical (unpaired) electrons. The summed E-state index contributed by atoms with van der Waals surface area (Å²) in [7, 11) is 0. The maximum Gasteiger partial charge on any atom is 0.308 e. The van der Waals surface area contributed by atoms with Crippen molar-refractivity contribution in [3.05, 3.63) is 23.7 Å². The largest absolute Gasteiger partial charge is 0.481 e. The van der Waals surface area contributed by atoms with Crippen molar-refractivity contribution in [2.24, 2.45) is 5.92 Å². The molecule has 0 spiro atoms. The molecule has 1 N–H and O–H groups in total. The molecule has 0 aromatic carbocycles. The Morgan fingerprint density at radius 2 is 2.31 bits per heavy atom. The Balaban J connectivity index is 2.05. The Morgan fingerprint density at radius 3 is 2.81 bits per heavy atom. The predicted octanol–water partition coefficient (Wildman–Crippen LogP) is 1.13. The molecule has 0 saturated carbocycles. The highest BCUT2D eigenvalue weighted by Crippen LogP contribution is 2.19. The van der Waals surface area contributed by atoms with E-state index >= 15 is 0 Å². The van der Waals surface area contributed by atoms with Crippen LogP contribution in [-0.2, 0) is 4.79 Å². The van der Waals surface area contributed by atoms with Gasteiger partial charge >= 0.3 is 5.97 Å². The summed E-state index contributed by atoms with van der Waals surface area (Å²) in [4.78, 5) is 24.2. The number of furan rings is 1. The molecule has 2 rings (SSSR count). The zero-order valence-corrected chi connectivity index (χ0v) is 8.97. The number of hydrogen-bond donors (Lipinski definition) is 1. The van der Waals surface area contributed by atoms with Crippen LogP contribution in [0.5, 0.6) is 0 Å². The molecular formula is C11H13NO4. The zero-order valence-electron chi connectivity index (χ0n) is 8.97.